The van der Waals surface area contributed by atoms with Crippen molar-refractivity contribution in [3.05, 3.63) is 30.1 Å². The van der Waals surface area contributed by atoms with Crippen LogP contribution >= 0.6 is 0 Å². The van der Waals surface area contributed by atoms with Gasteiger partial charge in [0.05, 0.1) is 6.20 Å². The van der Waals surface area contributed by atoms with Gasteiger partial charge in [0.15, 0.2) is 5.76 Å². The molecule has 13 heavy (non-hydrogen) atoms. The summed E-state index contributed by atoms with van der Waals surface area (Å²) in [6.07, 6.45) is 3.19. The minimum Gasteiger partial charge on any atom is -0.354 e. The van der Waals surface area contributed by atoms with Gasteiger partial charge in [0.2, 0.25) is 0 Å². The maximum Gasteiger partial charge on any atom is 0.191 e. The molecule has 0 saturated heterocycles. The smallest absolute Gasteiger partial charge is 0.191 e. The Bertz CT molecular complexity index is 384. The summed E-state index contributed by atoms with van der Waals surface area (Å²) in [5.74, 6) is 0.593. The average Bonchev–Trinajstić information content (AvgIpc) is 2.67. The summed E-state index contributed by atoms with van der Waals surface area (Å²) < 4.78 is 5.01. The number of aromatic nitrogens is 3. The largest absolute Gasteiger partial charge is 0.354 e. The maximum absolute atomic E-state index is 5.48. The van der Waals surface area contributed by atoms with Crippen LogP contribution in [-0.4, -0.2) is 15.4 Å². The lowest BCUT2D eigenvalue weighted by Crippen LogP contribution is -1.96. The summed E-state index contributed by atoms with van der Waals surface area (Å²) in [5.41, 5.74) is 6.97. The minimum atomic E-state index is 0.384. The fourth-order valence-electron chi connectivity index (χ4n) is 1.04. The van der Waals surface area contributed by atoms with Gasteiger partial charge in [-0.25, -0.2) is 0 Å². The van der Waals surface area contributed by atoms with Crippen LogP contribution in [0.4, 0.5) is 0 Å². The molecule has 0 atom stereocenters. The molecule has 2 rings (SSSR count). The number of nitrogens with two attached hydrogens (primary N) is 1. The van der Waals surface area contributed by atoms with Crippen LogP contribution < -0.4 is 5.73 Å². The summed E-state index contributed by atoms with van der Waals surface area (Å²) >= 11 is 0. The third-order valence-electron chi connectivity index (χ3n) is 1.67. The van der Waals surface area contributed by atoms with E-state index in [2.05, 4.69) is 15.4 Å². The first-order valence-corrected chi connectivity index (χ1v) is 3.83. The molecule has 0 unspecified atom stereocenters. The molecule has 0 bridgehead atoms. The number of hydrogen-bond acceptors (Lipinski definition) is 5. The molecule has 5 nitrogen and oxygen atoms in total. The molecule has 0 amide bonds. The van der Waals surface area contributed by atoms with Crippen molar-refractivity contribution in [1.29, 1.82) is 0 Å². The van der Waals surface area contributed by atoms with E-state index >= 15 is 0 Å². The highest BCUT2D eigenvalue weighted by Gasteiger charge is 2.09. The normalized spacial score (nSPS) is 10.2. The van der Waals surface area contributed by atoms with Crippen LogP contribution in [0.5, 0.6) is 0 Å². The molecule has 66 valence electrons. The SMILES string of the molecule is NCc1cnoc1-c1cccnn1. The predicted molar refractivity (Wildman–Crippen MR) is 45.4 cm³/mol. The lowest BCUT2D eigenvalue weighted by Gasteiger charge is -1.94. The van der Waals surface area contributed by atoms with E-state index in [1.165, 1.54) is 0 Å². The van der Waals surface area contributed by atoms with E-state index in [-0.39, 0.29) is 0 Å². The Hall–Kier alpha value is -1.75. The fraction of sp³-hybridized carbons (Fsp3) is 0.125. The molecule has 0 aromatic carbocycles. The van der Waals surface area contributed by atoms with E-state index < -0.39 is 0 Å². The highest BCUT2D eigenvalue weighted by atomic mass is 16.5. The molecule has 0 aliphatic rings. The zero-order chi connectivity index (χ0) is 9.10. The molecule has 0 saturated carbocycles. The second-order valence-electron chi connectivity index (χ2n) is 2.49. The first-order chi connectivity index (χ1) is 6.42. The van der Waals surface area contributed by atoms with E-state index in [9.17, 15) is 0 Å². The Morgan fingerprint density at radius 3 is 3.08 bits per heavy atom. The van der Waals surface area contributed by atoms with Crippen LogP contribution in [0.1, 0.15) is 5.56 Å². The highest BCUT2D eigenvalue weighted by Crippen LogP contribution is 2.19. The van der Waals surface area contributed by atoms with Crippen LogP contribution in [-0.2, 0) is 6.54 Å². The number of rotatable bonds is 2. The lowest BCUT2D eigenvalue weighted by molar-refractivity contribution is 0.430. The quantitative estimate of drug-likeness (QED) is 0.724. The molecule has 0 aliphatic carbocycles. The third kappa shape index (κ3) is 1.41. The Kier molecular flexibility index (Phi) is 2.01. The predicted octanol–water partition coefficient (Wildman–Crippen LogP) is 0.590. The molecular weight excluding hydrogens is 168 g/mol. The van der Waals surface area contributed by atoms with Gasteiger partial charge in [-0.3, -0.25) is 0 Å². The summed E-state index contributed by atoms with van der Waals surface area (Å²) in [6, 6.07) is 3.58. The lowest BCUT2D eigenvalue weighted by atomic mass is 10.2. The Morgan fingerprint density at radius 1 is 1.46 bits per heavy atom. The van der Waals surface area contributed by atoms with Gasteiger partial charge in [0.1, 0.15) is 5.69 Å². The second-order valence-corrected chi connectivity index (χ2v) is 2.49. The van der Waals surface area contributed by atoms with Crippen molar-refractivity contribution >= 4 is 0 Å². The van der Waals surface area contributed by atoms with Crippen molar-refractivity contribution in [2.45, 2.75) is 6.54 Å². The number of nitrogens with zero attached hydrogens (tertiary/aromatic N) is 3. The first-order valence-electron chi connectivity index (χ1n) is 3.83. The fourth-order valence-corrected chi connectivity index (χ4v) is 1.04. The second kappa shape index (κ2) is 3.32. The van der Waals surface area contributed by atoms with Gasteiger partial charge in [0.25, 0.3) is 0 Å². The van der Waals surface area contributed by atoms with Crippen molar-refractivity contribution < 1.29 is 4.52 Å². The van der Waals surface area contributed by atoms with Gasteiger partial charge in [0, 0.05) is 18.3 Å². The van der Waals surface area contributed by atoms with E-state index in [0.717, 1.165) is 5.56 Å². The van der Waals surface area contributed by atoms with E-state index in [1.54, 1.807) is 24.5 Å². The standard InChI is InChI=1S/C8H8N4O/c9-4-6-5-11-13-8(6)7-2-1-3-10-12-7/h1-3,5H,4,9H2. The van der Waals surface area contributed by atoms with Crippen LogP contribution in [0.15, 0.2) is 29.0 Å². The van der Waals surface area contributed by atoms with Gasteiger partial charge >= 0.3 is 0 Å². The molecule has 0 radical (unpaired) electrons. The molecule has 2 aromatic heterocycles. The van der Waals surface area contributed by atoms with E-state index in [1.807, 2.05) is 0 Å². The molecule has 5 heteroatoms. The van der Waals surface area contributed by atoms with E-state index in [4.69, 9.17) is 10.3 Å². The molecule has 0 spiro atoms. The zero-order valence-electron chi connectivity index (χ0n) is 6.84. The van der Waals surface area contributed by atoms with Crippen molar-refractivity contribution in [3.63, 3.8) is 0 Å². The Morgan fingerprint density at radius 2 is 2.38 bits per heavy atom. The highest BCUT2D eigenvalue weighted by molar-refractivity contribution is 5.54. The van der Waals surface area contributed by atoms with Crippen molar-refractivity contribution in [1.82, 2.24) is 15.4 Å². The first kappa shape index (κ1) is 7.88. The monoisotopic (exact) mass is 176 g/mol. The summed E-state index contributed by atoms with van der Waals surface area (Å²) in [6.45, 7) is 0.384. The van der Waals surface area contributed by atoms with Crippen LogP contribution in [0.3, 0.4) is 0 Å². The van der Waals surface area contributed by atoms with Gasteiger partial charge in [-0.05, 0) is 12.1 Å². The van der Waals surface area contributed by atoms with Crippen molar-refractivity contribution in [2.75, 3.05) is 0 Å². The molecule has 2 N–H and O–H groups in total. The van der Waals surface area contributed by atoms with Crippen molar-refractivity contribution in [3.8, 4) is 11.5 Å². The molecule has 2 heterocycles. The summed E-state index contributed by atoms with van der Waals surface area (Å²) in [7, 11) is 0. The van der Waals surface area contributed by atoms with Crippen LogP contribution in [0.2, 0.25) is 0 Å². The van der Waals surface area contributed by atoms with Crippen LogP contribution in [0.25, 0.3) is 11.5 Å². The summed E-state index contributed by atoms with van der Waals surface area (Å²) in [5, 5.41) is 11.3. The van der Waals surface area contributed by atoms with Gasteiger partial charge < -0.3 is 10.3 Å². The van der Waals surface area contributed by atoms with Crippen LogP contribution in [0, 0.1) is 0 Å². The molecule has 0 fully saturated rings. The molecule has 2 aromatic rings. The minimum absolute atomic E-state index is 0.384. The Balaban J connectivity index is 2.47. The van der Waals surface area contributed by atoms with Gasteiger partial charge in [-0.15, -0.1) is 5.10 Å². The number of hydrogen-bond donors (Lipinski definition) is 1. The third-order valence-corrected chi connectivity index (χ3v) is 1.67. The topological polar surface area (TPSA) is 77.8 Å². The average molecular weight is 176 g/mol. The summed E-state index contributed by atoms with van der Waals surface area (Å²) in [4.78, 5) is 0. The molecule has 0 aliphatic heterocycles. The molecular formula is C8H8N4O. The van der Waals surface area contributed by atoms with Gasteiger partial charge in [-0.1, -0.05) is 5.16 Å². The van der Waals surface area contributed by atoms with Crippen molar-refractivity contribution in [2.24, 2.45) is 5.73 Å². The van der Waals surface area contributed by atoms with E-state index in [0.29, 0.717) is 18.0 Å². The van der Waals surface area contributed by atoms with Gasteiger partial charge in [-0.2, -0.15) is 5.10 Å². The zero-order valence-corrected chi connectivity index (χ0v) is 6.84. The maximum atomic E-state index is 5.48. The Labute approximate surface area is 74.6 Å².